The van der Waals surface area contributed by atoms with Crippen LogP contribution < -0.4 is 10.4 Å². The van der Waals surface area contributed by atoms with Crippen molar-refractivity contribution in [3.63, 3.8) is 0 Å². The summed E-state index contributed by atoms with van der Waals surface area (Å²) < 4.78 is 31.2. The fourth-order valence-corrected chi connectivity index (χ4v) is 5.93. The molecule has 2 aliphatic rings. The summed E-state index contributed by atoms with van der Waals surface area (Å²) in [5.41, 5.74) is 3.16. The summed E-state index contributed by atoms with van der Waals surface area (Å²) in [6, 6.07) is 24.0. The first-order valence-corrected chi connectivity index (χ1v) is 14.3. The number of hydrogen-bond acceptors (Lipinski definition) is 6. The van der Waals surface area contributed by atoms with Gasteiger partial charge in [-0.15, -0.1) is 0 Å². The van der Waals surface area contributed by atoms with E-state index in [2.05, 4.69) is 25.1 Å². The van der Waals surface area contributed by atoms with Crippen LogP contribution >= 0.6 is 0 Å². The van der Waals surface area contributed by atoms with Crippen LogP contribution in [0, 0.1) is 0 Å². The molecule has 3 heterocycles. The zero-order valence-electron chi connectivity index (χ0n) is 23.3. The second kappa shape index (κ2) is 10.5. The van der Waals surface area contributed by atoms with Crippen LogP contribution in [0.1, 0.15) is 49.9 Å². The van der Waals surface area contributed by atoms with E-state index in [1.54, 1.807) is 0 Å². The molecular weight excluding hydrogens is 516 g/mol. The van der Waals surface area contributed by atoms with Crippen molar-refractivity contribution in [3.05, 3.63) is 112 Å². The van der Waals surface area contributed by atoms with Crippen molar-refractivity contribution in [1.29, 1.82) is 0 Å². The molecule has 6 nitrogen and oxygen atoms in total. The lowest BCUT2D eigenvalue weighted by Crippen LogP contribution is -2.43. The Hall–Kier alpha value is -3.97. The van der Waals surface area contributed by atoms with Crippen LogP contribution in [0.4, 0.5) is 0 Å². The SMILES string of the molecule is CCc1ccc2c(c1)c(=O)oc1c2ccc2c(OC(C)C)ccc([C@@H]3C=C[C@@H]4OC(c5ccccc5)OC[C@H]4O3)c21. The summed E-state index contributed by atoms with van der Waals surface area (Å²) in [6.45, 7) is 6.47. The van der Waals surface area contributed by atoms with Gasteiger partial charge in [-0.05, 0) is 61.0 Å². The van der Waals surface area contributed by atoms with Gasteiger partial charge in [-0.2, -0.15) is 0 Å². The number of benzene rings is 4. The van der Waals surface area contributed by atoms with Crippen molar-refractivity contribution in [2.75, 3.05) is 6.61 Å². The highest BCUT2D eigenvalue weighted by Gasteiger charge is 2.37. The third-order valence-corrected chi connectivity index (χ3v) is 7.92. The first-order chi connectivity index (χ1) is 20.0. The Labute approximate surface area is 238 Å². The van der Waals surface area contributed by atoms with E-state index >= 15 is 0 Å². The van der Waals surface area contributed by atoms with Crippen molar-refractivity contribution in [2.24, 2.45) is 0 Å². The predicted octanol–water partition coefficient (Wildman–Crippen LogP) is 7.56. The molecule has 0 spiro atoms. The van der Waals surface area contributed by atoms with E-state index in [0.717, 1.165) is 50.4 Å². The maximum absolute atomic E-state index is 13.3. The first-order valence-electron chi connectivity index (χ1n) is 14.3. The molecule has 0 bridgehead atoms. The van der Waals surface area contributed by atoms with E-state index in [1.165, 1.54) is 0 Å². The number of hydrogen-bond donors (Lipinski definition) is 0. The molecule has 2 aliphatic heterocycles. The van der Waals surface area contributed by atoms with Gasteiger partial charge in [0.1, 0.15) is 29.6 Å². The van der Waals surface area contributed by atoms with Gasteiger partial charge in [0.25, 0.3) is 0 Å². The molecule has 5 aromatic rings. The summed E-state index contributed by atoms with van der Waals surface area (Å²) in [4.78, 5) is 13.3. The Morgan fingerprint density at radius 1 is 0.878 bits per heavy atom. The maximum Gasteiger partial charge on any atom is 0.344 e. The van der Waals surface area contributed by atoms with Crippen molar-refractivity contribution >= 4 is 32.5 Å². The molecule has 41 heavy (non-hydrogen) atoms. The Morgan fingerprint density at radius 2 is 1.68 bits per heavy atom. The summed E-state index contributed by atoms with van der Waals surface area (Å²) in [5, 5.41) is 4.03. The molecule has 0 saturated carbocycles. The second-order valence-corrected chi connectivity index (χ2v) is 11.0. The third-order valence-electron chi connectivity index (χ3n) is 7.92. The smallest absolute Gasteiger partial charge is 0.344 e. The largest absolute Gasteiger partial charge is 0.490 e. The molecule has 0 amide bonds. The number of rotatable bonds is 5. The summed E-state index contributed by atoms with van der Waals surface area (Å²) in [6.07, 6.45) is 3.59. The minimum Gasteiger partial charge on any atom is -0.490 e. The molecule has 208 valence electrons. The Morgan fingerprint density at radius 3 is 2.49 bits per heavy atom. The average Bonchev–Trinajstić information content (AvgIpc) is 3.00. The van der Waals surface area contributed by atoms with E-state index in [-0.39, 0.29) is 30.0 Å². The van der Waals surface area contributed by atoms with Gasteiger partial charge in [-0.1, -0.05) is 67.6 Å². The van der Waals surface area contributed by atoms with Crippen LogP contribution in [-0.2, 0) is 20.6 Å². The van der Waals surface area contributed by atoms with E-state index in [0.29, 0.717) is 17.6 Å². The summed E-state index contributed by atoms with van der Waals surface area (Å²) in [5.74, 6) is 0.734. The summed E-state index contributed by atoms with van der Waals surface area (Å²) >= 11 is 0. The molecule has 1 fully saturated rings. The molecule has 7 rings (SSSR count). The average molecular weight is 549 g/mol. The fraction of sp³-hybridized carbons (Fsp3) is 0.286. The first kappa shape index (κ1) is 26.0. The predicted molar refractivity (Wildman–Crippen MR) is 159 cm³/mol. The number of ether oxygens (including phenoxy) is 4. The van der Waals surface area contributed by atoms with E-state index in [1.807, 2.05) is 80.6 Å². The highest BCUT2D eigenvalue weighted by Crippen LogP contribution is 2.42. The van der Waals surface area contributed by atoms with Crippen molar-refractivity contribution < 1.29 is 23.4 Å². The van der Waals surface area contributed by atoms with Crippen molar-refractivity contribution in [2.45, 2.75) is 57.9 Å². The summed E-state index contributed by atoms with van der Waals surface area (Å²) in [7, 11) is 0. The second-order valence-electron chi connectivity index (χ2n) is 11.0. The normalized spacial score (nSPS) is 22.4. The lowest BCUT2D eigenvalue weighted by Gasteiger charge is -2.39. The highest BCUT2D eigenvalue weighted by molar-refractivity contribution is 6.16. The van der Waals surface area contributed by atoms with E-state index < -0.39 is 6.29 Å². The highest BCUT2D eigenvalue weighted by atomic mass is 16.7. The molecule has 0 radical (unpaired) electrons. The van der Waals surface area contributed by atoms with Crippen LogP contribution in [0.2, 0.25) is 0 Å². The molecule has 6 heteroatoms. The minimum absolute atomic E-state index is 0.0171. The van der Waals surface area contributed by atoms with Gasteiger partial charge in [-0.3, -0.25) is 0 Å². The van der Waals surface area contributed by atoms with Crippen molar-refractivity contribution in [3.8, 4) is 5.75 Å². The molecule has 1 aromatic heterocycles. The van der Waals surface area contributed by atoms with Crippen LogP contribution in [0.3, 0.4) is 0 Å². The quantitative estimate of drug-likeness (QED) is 0.128. The lowest BCUT2D eigenvalue weighted by atomic mass is 9.93. The van der Waals surface area contributed by atoms with Gasteiger partial charge in [0.05, 0.1) is 18.1 Å². The minimum atomic E-state index is -0.435. The molecule has 0 aliphatic carbocycles. The Balaban J connectivity index is 1.35. The Bertz CT molecular complexity index is 1840. The van der Waals surface area contributed by atoms with E-state index in [4.69, 9.17) is 23.4 Å². The standard InChI is InChI=1S/C35H32O6/c1-4-21-10-11-23-24-12-13-25-28(38-20(2)3)15-14-26(32(25)33(24)41-34(36)27(23)18-21)29-16-17-30-31(39-29)19-37-35(40-30)22-8-6-5-7-9-22/h5-18,20,29-31,35H,4,19H2,1-3H3/t29-,30-,31+,35?/m0/s1. The van der Waals surface area contributed by atoms with Crippen LogP contribution in [-0.4, -0.2) is 24.9 Å². The van der Waals surface area contributed by atoms with Crippen LogP contribution in [0.25, 0.3) is 32.5 Å². The topological polar surface area (TPSA) is 67.1 Å². The van der Waals surface area contributed by atoms with Crippen LogP contribution in [0.5, 0.6) is 5.75 Å². The monoisotopic (exact) mass is 548 g/mol. The molecule has 4 aromatic carbocycles. The lowest BCUT2D eigenvalue weighted by molar-refractivity contribution is -0.262. The maximum atomic E-state index is 13.3. The zero-order valence-corrected chi connectivity index (χ0v) is 23.3. The van der Waals surface area contributed by atoms with Gasteiger partial charge in [0.2, 0.25) is 0 Å². The number of fused-ring (bicyclic) bond motifs is 6. The van der Waals surface area contributed by atoms with Gasteiger partial charge in [0.15, 0.2) is 6.29 Å². The molecule has 1 unspecified atom stereocenters. The van der Waals surface area contributed by atoms with Gasteiger partial charge < -0.3 is 23.4 Å². The molecule has 4 atom stereocenters. The van der Waals surface area contributed by atoms with Crippen LogP contribution in [0.15, 0.2) is 94.2 Å². The molecule has 0 N–H and O–H groups in total. The third kappa shape index (κ3) is 4.62. The fourth-order valence-electron chi connectivity index (χ4n) is 5.93. The molecular formula is C35H32O6. The van der Waals surface area contributed by atoms with Crippen molar-refractivity contribution in [1.82, 2.24) is 0 Å². The number of aryl methyl sites for hydroxylation is 1. The van der Waals surface area contributed by atoms with Gasteiger partial charge >= 0.3 is 5.63 Å². The Kier molecular flexibility index (Phi) is 6.62. The van der Waals surface area contributed by atoms with Gasteiger partial charge in [-0.25, -0.2) is 4.79 Å². The van der Waals surface area contributed by atoms with E-state index in [9.17, 15) is 4.79 Å². The van der Waals surface area contributed by atoms with Gasteiger partial charge in [0, 0.05) is 21.7 Å². The zero-order chi connectivity index (χ0) is 28.1. The molecule has 1 saturated heterocycles.